The Hall–Kier alpha value is -1.93. The van der Waals surface area contributed by atoms with Crippen molar-refractivity contribution in [1.29, 1.82) is 0 Å². The van der Waals surface area contributed by atoms with Crippen LogP contribution in [0.2, 0.25) is 0 Å². The van der Waals surface area contributed by atoms with Gasteiger partial charge in [-0.1, -0.05) is 6.07 Å². The molecule has 2 heterocycles. The number of piperazine rings is 1. The van der Waals surface area contributed by atoms with Crippen LogP contribution in [0.1, 0.15) is 23.5 Å². The second-order valence-corrected chi connectivity index (χ2v) is 6.83. The second-order valence-electron chi connectivity index (χ2n) is 5.88. The van der Waals surface area contributed by atoms with Gasteiger partial charge in [-0.2, -0.15) is 0 Å². The topological polar surface area (TPSA) is 73.0 Å². The van der Waals surface area contributed by atoms with Gasteiger partial charge in [0.05, 0.1) is 18.0 Å². The lowest BCUT2D eigenvalue weighted by Gasteiger charge is -2.35. The summed E-state index contributed by atoms with van der Waals surface area (Å²) in [5.74, 6) is -0.167. The molecule has 0 spiro atoms. The van der Waals surface area contributed by atoms with Crippen molar-refractivity contribution in [2.75, 3.05) is 52.4 Å². The minimum Gasteiger partial charge on any atom is -0.342 e. The third kappa shape index (κ3) is 5.54. The van der Waals surface area contributed by atoms with E-state index in [1.807, 2.05) is 24.1 Å². The average Bonchev–Trinajstić information content (AvgIpc) is 3.16. The van der Waals surface area contributed by atoms with Gasteiger partial charge in [-0.15, -0.1) is 11.3 Å². The molecule has 0 saturated carbocycles. The summed E-state index contributed by atoms with van der Waals surface area (Å²) in [6.07, 6.45) is 0. The maximum Gasteiger partial charge on any atom is 0.261 e. The molecule has 1 N–H and O–H groups in total. The van der Waals surface area contributed by atoms with Gasteiger partial charge in [-0.05, 0) is 25.3 Å². The standard InChI is InChI=1S/C17H26N4O3S/c1-3-20(4-2)16(23)13-19-7-9-21(10-8-19)15(22)12-18-17(24)14-6-5-11-25-14/h5-6,11H,3-4,7-10,12-13H2,1-2H3,(H,18,24). The number of thiophene rings is 1. The molecule has 0 aliphatic carbocycles. The van der Waals surface area contributed by atoms with Crippen molar-refractivity contribution >= 4 is 29.1 Å². The summed E-state index contributed by atoms with van der Waals surface area (Å²) in [4.78, 5) is 42.5. The highest BCUT2D eigenvalue weighted by atomic mass is 32.1. The molecule has 1 saturated heterocycles. The molecular formula is C17H26N4O3S. The predicted octanol–water partition coefficient (Wildman–Crippen LogP) is 0.491. The van der Waals surface area contributed by atoms with Gasteiger partial charge in [0.25, 0.3) is 5.91 Å². The first-order valence-corrected chi connectivity index (χ1v) is 9.52. The summed E-state index contributed by atoms with van der Waals surface area (Å²) in [5, 5.41) is 4.49. The number of nitrogens with one attached hydrogen (secondary N) is 1. The number of rotatable bonds is 7. The molecule has 0 unspecified atom stereocenters. The molecule has 0 aromatic carbocycles. The normalized spacial score (nSPS) is 15.0. The highest BCUT2D eigenvalue weighted by Crippen LogP contribution is 2.08. The number of amides is 3. The van der Waals surface area contributed by atoms with E-state index in [0.29, 0.717) is 37.6 Å². The lowest BCUT2D eigenvalue weighted by atomic mass is 10.3. The first-order valence-electron chi connectivity index (χ1n) is 8.64. The quantitative estimate of drug-likeness (QED) is 0.762. The summed E-state index contributed by atoms with van der Waals surface area (Å²) in [7, 11) is 0. The fourth-order valence-corrected chi connectivity index (χ4v) is 3.43. The Kier molecular flexibility index (Phi) is 7.39. The van der Waals surface area contributed by atoms with Crippen LogP contribution in [-0.2, 0) is 9.59 Å². The third-order valence-electron chi connectivity index (χ3n) is 4.35. The Bertz CT molecular complexity index is 579. The van der Waals surface area contributed by atoms with Crippen molar-refractivity contribution in [3.8, 4) is 0 Å². The van der Waals surface area contributed by atoms with E-state index in [1.54, 1.807) is 17.0 Å². The van der Waals surface area contributed by atoms with Gasteiger partial charge in [0, 0.05) is 39.3 Å². The van der Waals surface area contributed by atoms with Crippen molar-refractivity contribution < 1.29 is 14.4 Å². The molecule has 0 bridgehead atoms. The van der Waals surface area contributed by atoms with E-state index in [1.165, 1.54) is 11.3 Å². The third-order valence-corrected chi connectivity index (χ3v) is 5.21. The monoisotopic (exact) mass is 366 g/mol. The Morgan fingerprint density at radius 2 is 1.84 bits per heavy atom. The SMILES string of the molecule is CCN(CC)C(=O)CN1CCN(C(=O)CNC(=O)c2cccs2)CC1. The zero-order valence-corrected chi connectivity index (χ0v) is 15.7. The van der Waals surface area contributed by atoms with Crippen LogP contribution >= 0.6 is 11.3 Å². The van der Waals surface area contributed by atoms with E-state index in [4.69, 9.17) is 0 Å². The van der Waals surface area contributed by atoms with Crippen LogP contribution in [0.3, 0.4) is 0 Å². The fraction of sp³-hybridized carbons (Fsp3) is 0.588. The van der Waals surface area contributed by atoms with E-state index < -0.39 is 0 Å². The van der Waals surface area contributed by atoms with Crippen molar-refractivity contribution in [3.05, 3.63) is 22.4 Å². The highest BCUT2D eigenvalue weighted by molar-refractivity contribution is 7.12. The number of likely N-dealkylation sites (N-methyl/N-ethyl adjacent to an activating group) is 1. The Balaban J connectivity index is 1.71. The largest absolute Gasteiger partial charge is 0.342 e. The number of nitrogens with zero attached hydrogens (tertiary/aromatic N) is 3. The molecule has 138 valence electrons. The molecule has 0 atom stereocenters. The van der Waals surface area contributed by atoms with Gasteiger partial charge in [0.15, 0.2) is 0 Å². The van der Waals surface area contributed by atoms with Crippen LogP contribution in [0.4, 0.5) is 0 Å². The predicted molar refractivity (Wildman–Crippen MR) is 97.6 cm³/mol. The van der Waals surface area contributed by atoms with E-state index >= 15 is 0 Å². The van der Waals surface area contributed by atoms with E-state index in [0.717, 1.165) is 13.1 Å². The van der Waals surface area contributed by atoms with Gasteiger partial charge >= 0.3 is 0 Å². The van der Waals surface area contributed by atoms with E-state index in [-0.39, 0.29) is 24.3 Å². The Morgan fingerprint density at radius 3 is 2.40 bits per heavy atom. The van der Waals surface area contributed by atoms with Crippen molar-refractivity contribution in [1.82, 2.24) is 20.0 Å². The maximum absolute atomic E-state index is 12.2. The second kappa shape index (κ2) is 9.53. The summed E-state index contributed by atoms with van der Waals surface area (Å²) >= 11 is 1.35. The molecule has 1 aromatic heterocycles. The smallest absolute Gasteiger partial charge is 0.261 e. The van der Waals surface area contributed by atoms with Gasteiger partial charge < -0.3 is 15.1 Å². The van der Waals surface area contributed by atoms with Crippen LogP contribution < -0.4 is 5.32 Å². The minimum absolute atomic E-state index is 0.00904. The summed E-state index contributed by atoms with van der Waals surface area (Å²) < 4.78 is 0. The Morgan fingerprint density at radius 1 is 1.16 bits per heavy atom. The summed E-state index contributed by atoms with van der Waals surface area (Å²) in [6, 6.07) is 3.54. The molecule has 1 fully saturated rings. The number of hydrogen-bond acceptors (Lipinski definition) is 5. The minimum atomic E-state index is -0.216. The molecule has 1 aliphatic rings. The molecule has 1 aromatic rings. The molecule has 3 amide bonds. The van der Waals surface area contributed by atoms with E-state index in [9.17, 15) is 14.4 Å². The molecule has 1 aliphatic heterocycles. The first kappa shape index (κ1) is 19.4. The van der Waals surface area contributed by atoms with Crippen molar-refractivity contribution in [2.45, 2.75) is 13.8 Å². The lowest BCUT2D eigenvalue weighted by Crippen LogP contribution is -2.53. The molecular weight excluding hydrogens is 340 g/mol. The molecule has 8 heteroatoms. The van der Waals surface area contributed by atoms with Crippen LogP contribution in [0, 0.1) is 0 Å². The van der Waals surface area contributed by atoms with Crippen molar-refractivity contribution in [3.63, 3.8) is 0 Å². The average molecular weight is 366 g/mol. The van der Waals surface area contributed by atoms with Crippen LogP contribution in [0.15, 0.2) is 17.5 Å². The summed E-state index contributed by atoms with van der Waals surface area (Å²) in [5.41, 5.74) is 0. The zero-order chi connectivity index (χ0) is 18.2. The van der Waals surface area contributed by atoms with Crippen LogP contribution in [-0.4, -0.2) is 84.8 Å². The Labute approximate surface area is 152 Å². The summed E-state index contributed by atoms with van der Waals surface area (Å²) in [6.45, 7) is 8.32. The molecule has 0 radical (unpaired) electrons. The maximum atomic E-state index is 12.2. The zero-order valence-electron chi connectivity index (χ0n) is 14.9. The number of hydrogen-bond donors (Lipinski definition) is 1. The highest BCUT2D eigenvalue weighted by Gasteiger charge is 2.23. The fourth-order valence-electron chi connectivity index (χ4n) is 2.79. The van der Waals surface area contributed by atoms with Gasteiger partial charge in [-0.3, -0.25) is 19.3 Å². The molecule has 7 nitrogen and oxygen atoms in total. The number of carbonyl (C=O) groups is 3. The van der Waals surface area contributed by atoms with Crippen LogP contribution in [0.25, 0.3) is 0 Å². The van der Waals surface area contributed by atoms with E-state index in [2.05, 4.69) is 10.2 Å². The number of carbonyl (C=O) groups excluding carboxylic acids is 3. The molecule has 2 rings (SSSR count). The van der Waals surface area contributed by atoms with Gasteiger partial charge in [0.2, 0.25) is 11.8 Å². The van der Waals surface area contributed by atoms with Crippen LogP contribution in [0.5, 0.6) is 0 Å². The lowest BCUT2D eigenvalue weighted by molar-refractivity contribution is -0.134. The van der Waals surface area contributed by atoms with Gasteiger partial charge in [0.1, 0.15) is 0 Å². The first-order chi connectivity index (χ1) is 12.0. The van der Waals surface area contributed by atoms with Gasteiger partial charge in [-0.25, -0.2) is 0 Å². The molecule has 25 heavy (non-hydrogen) atoms. The van der Waals surface area contributed by atoms with Crippen molar-refractivity contribution in [2.24, 2.45) is 0 Å².